The quantitative estimate of drug-likeness (QED) is 0.637. The van der Waals surface area contributed by atoms with Gasteiger partial charge in [-0.15, -0.1) is 0 Å². The van der Waals surface area contributed by atoms with Crippen molar-refractivity contribution in [2.75, 3.05) is 0 Å². The summed E-state index contributed by atoms with van der Waals surface area (Å²) < 4.78 is 0. The largest absolute Gasteiger partial charge is 0.0765 e. The van der Waals surface area contributed by atoms with Gasteiger partial charge in [-0.25, -0.2) is 0 Å². The number of hydrogen-bond acceptors (Lipinski definition) is 0. The van der Waals surface area contributed by atoms with Gasteiger partial charge < -0.3 is 0 Å². The normalized spacial score (nSPS) is 12.8. The van der Waals surface area contributed by atoms with Gasteiger partial charge in [-0.05, 0) is 35.9 Å². The van der Waals surface area contributed by atoms with Gasteiger partial charge in [0.05, 0.1) is 0 Å². The maximum absolute atomic E-state index is 2.28. The molecule has 0 fully saturated rings. The van der Waals surface area contributed by atoms with Gasteiger partial charge in [0.15, 0.2) is 0 Å². The summed E-state index contributed by atoms with van der Waals surface area (Å²) >= 11 is 0. The predicted molar refractivity (Wildman–Crippen MR) is 56.9 cm³/mol. The van der Waals surface area contributed by atoms with Crippen LogP contribution < -0.4 is 0 Å². The minimum Gasteiger partial charge on any atom is -0.0765 e. The van der Waals surface area contributed by atoms with Crippen LogP contribution in [0.15, 0.2) is 23.7 Å². The molecule has 12 heavy (non-hydrogen) atoms. The van der Waals surface area contributed by atoms with E-state index in [0.717, 1.165) is 5.92 Å². The third-order valence-corrected chi connectivity index (χ3v) is 2.95. The van der Waals surface area contributed by atoms with Gasteiger partial charge in [0, 0.05) is 0 Å². The van der Waals surface area contributed by atoms with Crippen molar-refractivity contribution in [1.82, 2.24) is 0 Å². The molecule has 0 N–H and O–H groups in total. The zero-order valence-electron chi connectivity index (χ0n) is 7.96. The highest BCUT2D eigenvalue weighted by atomic mass is 31.0. The fourth-order valence-electron chi connectivity index (χ4n) is 1.59. The van der Waals surface area contributed by atoms with E-state index in [4.69, 9.17) is 0 Å². The lowest BCUT2D eigenvalue weighted by molar-refractivity contribution is 0.596. The summed E-state index contributed by atoms with van der Waals surface area (Å²) in [6, 6.07) is 4.57. The fourth-order valence-corrected chi connectivity index (χ4v) is 2.21. The predicted octanol–water partition coefficient (Wildman–Crippen LogP) is 4.56. The Bertz CT molecular complexity index is 206. The van der Waals surface area contributed by atoms with E-state index in [-0.39, 0.29) is 0 Å². The first-order valence-corrected chi connectivity index (χ1v) is 5.81. The van der Waals surface area contributed by atoms with Crippen molar-refractivity contribution in [3.63, 3.8) is 0 Å². The van der Waals surface area contributed by atoms with Crippen molar-refractivity contribution in [2.45, 2.75) is 39.0 Å². The van der Waals surface area contributed by atoms with E-state index in [2.05, 4.69) is 37.6 Å². The summed E-state index contributed by atoms with van der Waals surface area (Å²) in [5, 5.41) is 0. The molecule has 0 saturated heterocycles. The topological polar surface area (TPSA) is 0 Å². The molecule has 1 aromatic rings. The lowest BCUT2D eigenvalue weighted by Gasteiger charge is -2.13. The van der Waals surface area contributed by atoms with Crippen LogP contribution in [-0.4, -0.2) is 0 Å². The second kappa shape index (κ2) is 5.32. The standard InChI is InChI=1S/C11H17P/c1-3-5-10(4-2)11-6-8-12-9-7-11/h6-10H,3-5H2,1-2H3. The average Bonchev–Trinajstić information content (AvgIpc) is 2.15. The minimum absolute atomic E-state index is 0.790. The molecule has 0 aromatic carbocycles. The van der Waals surface area contributed by atoms with Crippen LogP contribution >= 0.6 is 8.19 Å². The Kier molecular flexibility index (Phi) is 4.32. The third-order valence-electron chi connectivity index (χ3n) is 2.31. The van der Waals surface area contributed by atoms with Crippen LogP contribution in [0.4, 0.5) is 0 Å². The summed E-state index contributed by atoms with van der Waals surface area (Å²) in [5.41, 5.74) is 1.53. The molecule has 1 atom stereocenters. The zero-order valence-corrected chi connectivity index (χ0v) is 8.85. The molecule has 0 nitrogen and oxygen atoms in total. The first-order valence-electron chi connectivity index (χ1n) is 4.78. The van der Waals surface area contributed by atoms with Crippen LogP contribution in [0.2, 0.25) is 0 Å². The van der Waals surface area contributed by atoms with Crippen LogP contribution in [-0.2, 0) is 0 Å². The molecule has 0 amide bonds. The van der Waals surface area contributed by atoms with E-state index in [1.54, 1.807) is 0 Å². The molecule has 0 aliphatic carbocycles. The van der Waals surface area contributed by atoms with Gasteiger partial charge >= 0.3 is 0 Å². The lowest BCUT2D eigenvalue weighted by Crippen LogP contribution is -1.95. The molecule has 0 radical (unpaired) electrons. The Hall–Kier alpha value is -0.350. The molecular weight excluding hydrogens is 163 g/mol. The Balaban J connectivity index is 2.66. The Morgan fingerprint density at radius 2 is 1.92 bits per heavy atom. The van der Waals surface area contributed by atoms with E-state index in [1.165, 1.54) is 33.0 Å². The first-order chi connectivity index (χ1) is 5.88. The van der Waals surface area contributed by atoms with Crippen molar-refractivity contribution in [1.29, 1.82) is 0 Å². The van der Waals surface area contributed by atoms with E-state index < -0.39 is 0 Å². The van der Waals surface area contributed by atoms with Gasteiger partial charge in [0.25, 0.3) is 0 Å². The highest BCUT2D eigenvalue weighted by Crippen LogP contribution is 2.25. The maximum Gasteiger partial charge on any atom is -0.0164 e. The van der Waals surface area contributed by atoms with Crippen LogP contribution in [0.5, 0.6) is 0 Å². The van der Waals surface area contributed by atoms with E-state index in [1.807, 2.05) is 0 Å². The van der Waals surface area contributed by atoms with Crippen molar-refractivity contribution in [3.8, 4) is 0 Å². The van der Waals surface area contributed by atoms with E-state index in [9.17, 15) is 0 Å². The summed E-state index contributed by atoms with van der Waals surface area (Å²) in [6.45, 7) is 4.54. The first kappa shape index (κ1) is 9.74. The summed E-state index contributed by atoms with van der Waals surface area (Å²) in [7, 11) is 1.33. The molecular formula is C11H17P. The Morgan fingerprint density at radius 3 is 2.42 bits per heavy atom. The SMILES string of the molecule is CCCC(CC)c1ccpcc1. The van der Waals surface area contributed by atoms with Gasteiger partial charge in [-0.3, -0.25) is 0 Å². The molecule has 1 rings (SSSR count). The van der Waals surface area contributed by atoms with Crippen LogP contribution in [0.3, 0.4) is 0 Å². The summed E-state index contributed by atoms with van der Waals surface area (Å²) in [4.78, 5) is 0. The molecule has 1 aromatic heterocycles. The van der Waals surface area contributed by atoms with Gasteiger partial charge in [-0.1, -0.05) is 40.6 Å². The van der Waals surface area contributed by atoms with Crippen molar-refractivity contribution < 1.29 is 0 Å². The zero-order chi connectivity index (χ0) is 8.81. The Labute approximate surface area is 77.1 Å². The monoisotopic (exact) mass is 180 g/mol. The smallest absolute Gasteiger partial charge is 0.0164 e. The van der Waals surface area contributed by atoms with Crippen LogP contribution in [0, 0.1) is 0 Å². The summed E-state index contributed by atoms with van der Waals surface area (Å²) in [6.07, 6.45) is 3.90. The minimum atomic E-state index is 0.790. The Morgan fingerprint density at radius 1 is 1.25 bits per heavy atom. The van der Waals surface area contributed by atoms with Gasteiger partial charge in [0.2, 0.25) is 0 Å². The van der Waals surface area contributed by atoms with Crippen molar-refractivity contribution >= 4 is 8.19 Å². The third kappa shape index (κ3) is 2.60. The van der Waals surface area contributed by atoms with E-state index in [0.29, 0.717) is 0 Å². The number of hydrogen-bond donors (Lipinski definition) is 0. The fraction of sp³-hybridized carbons (Fsp3) is 0.545. The van der Waals surface area contributed by atoms with Gasteiger partial charge in [0.1, 0.15) is 0 Å². The molecule has 0 spiro atoms. The second-order valence-electron chi connectivity index (χ2n) is 3.17. The van der Waals surface area contributed by atoms with Crippen molar-refractivity contribution in [2.24, 2.45) is 0 Å². The molecule has 1 unspecified atom stereocenters. The average molecular weight is 180 g/mol. The van der Waals surface area contributed by atoms with E-state index >= 15 is 0 Å². The highest BCUT2D eigenvalue weighted by Gasteiger charge is 2.06. The molecule has 0 aliphatic rings. The van der Waals surface area contributed by atoms with Crippen molar-refractivity contribution in [3.05, 3.63) is 29.3 Å². The summed E-state index contributed by atoms with van der Waals surface area (Å²) in [5.74, 6) is 5.25. The molecule has 1 heterocycles. The number of rotatable bonds is 4. The van der Waals surface area contributed by atoms with Crippen LogP contribution in [0.1, 0.15) is 44.6 Å². The van der Waals surface area contributed by atoms with Gasteiger partial charge in [-0.2, -0.15) is 0 Å². The molecule has 1 heteroatoms. The van der Waals surface area contributed by atoms with Crippen LogP contribution in [0.25, 0.3) is 0 Å². The molecule has 0 bridgehead atoms. The second-order valence-corrected chi connectivity index (χ2v) is 4.07. The molecule has 0 saturated carbocycles. The molecule has 66 valence electrons. The maximum atomic E-state index is 2.28. The molecule has 0 aliphatic heterocycles. The lowest BCUT2D eigenvalue weighted by atomic mass is 9.93. The highest BCUT2D eigenvalue weighted by molar-refractivity contribution is 7.28.